The molecule has 0 saturated carbocycles. The molecule has 4 aromatic heterocycles. The van der Waals surface area contributed by atoms with Crippen molar-refractivity contribution in [3.8, 4) is 11.4 Å². The van der Waals surface area contributed by atoms with Crippen LogP contribution in [0.15, 0.2) is 41.6 Å². The lowest BCUT2D eigenvalue weighted by molar-refractivity contribution is 0.0240. The van der Waals surface area contributed by atoms with E-state index < -0.39 is 5.60 Å². The quantitative estimate of drug-likeness (QED) is 0.439. The highest BCUT2D eigenvalue weighted by Crippen LogP contribution is 2.22. The first-order valence-electron chi connectivity index (χ1n) is 11.7. The monoisotopic (exact) mass is 475 g/mol. The fourth-order valence-electron chi connectivity index (χ4n) is 4.31. The molecule has 35 heavy (non-hydrogen) atoms. The maximum absolute atomic E-state index is 12.9. The third-order valence-corrected chi connectivity index (χ3v) is 5.95. The average molecular weight is 476 g/mol. The zero-order valence-electron chi connectivity index (χ0n) is 20.6. The van der Waals surface area contributed by atoms with Gasteiger partial charge < -0.3 is 18.9 Å². The van der Waals surface area contributed by atoms with Crippen molar-refractivity contribution in [2.24, 2.45) is 0 Å². The molecule has 182 valence electrons. The number of imidazole rings is 1. The van der Waals surface area contributed by atoms with Gasteiger partial charge in [-0.15, -0.1) is 0 Å². The molecule has 0 atom stereocenters. The van der Waals surface area contributed by atoms with E-state index in [2.05, 4.69) is 19.9 Å². The first-order chi connectivity index (χ1) is 16.6. The number of fused-ring (bicyclic) bond motifs is 2. The second kappa shape index (κ2) is 8.37. The normalized spacial score (nSPS) is 14.7. The third kappa shape index (κ3) is 4.55. The van der Waals surface area contributed by atoms with Gasteiger partial charge in [-0.3, -0.25) is 0 Å². The predicted octanol–water partition coefficient (Wildman–Crippen LogP) is 3.08. The Kier molecular flexibility index (Phi) is 5.46. The van der Waals surface area contributed by atoms with Gasteiger partial charge in [0.25, 0.3) is 0 Å². The predicted molar refractivity (Wildman–Crippen MR) is 133 cm³/mol. The summed E-state index contributed by atoms with van der Waals surface area (Å²) in [5, 5.41) is 0. The molecule has 1 aliphatic heterocycles. The Morgan fingerprint density at radius 1 is 0.971 bits per heavy atom. The molecule has 1 aliphatic rings. The van der Waals surface area contributed by atoms with E-state index in [0.29, 0.717) is 37.7 Å². The Bertz CT molecular complexity index is 1490. The molecule has 0 radical (unpaired) electrons. The number of aromatic nitrogens is 5. The standard InChI is InChI=1S/C25H29N7O3/c1-16-12-18(14-31-13-17(2)26-22(16)31)21-27-20-7-6-19(15-32(20)23(33)28-21)29-8-10-30(11-9-29)24(34)35-25(3,4)5/h6-7,12-15H,8-11H2,1-5H3. The van der Waals surface area contributed by atoms with E-state index in [1.807, 2.05) is 69.6 Å². The summed E-state index contributed by atoms with van der Waals surface area (Å²) in [4.78, 5) is 42.6. The second-order valence-electron chi connectivity index (χ2n) is 9.92. The van der Waals surface area contributed by atoms with Crippen molar-refractivity contribution in [2.75, 3.05) is 31.1 Å². The van der Waals surface area contributed by atoms with E-state index in [9.17, 15) is 9.59 Å². The number of rotatable bonds is 2. The molecule has 0 bridgehead atoms. The highest BCUT2D eigenvalue weighted by Gasteiger charge is 2.26. The van der Waals surface area contributed by atoms with Crippen LogP contribution in [0, 0.1) is 13.8 Å². The third-order valence-electron chi connectivity index (χ3n) is 5.95. The second-order valence-corrected chi connectivity index (χ2v) is 9.92. The van der Waals surface area contributed by atoms with Crippen LogP contribution in [0.1, 0.15) is 32.0 Å². The summed E-state index contributed by atoms with van der Waals surface area (Å²) >= 11 is 0. The van der Waals surface area contributed by atoms with Crippen molar-refractivity contribution in [2.45, 2.75) is 40.2 Å². The molecule has 10 nitrogen and oxygen atoms in total. The van der Waals surface area contributed by atoms with Crippen LogP contribution in [-0.4, -0.2) is 66.5 Å². The molecule has 1 saturated heterocycles. The molecule has 0 spiro atoms. The van der Waals surface area contributed by atoms with E-state index in [1.165, 1.54) is 4.40 Å². The van der Waals surface area contributed by atoms with Gasteiger partial charge >= 0.3 is 11.8 Å². The number of anilines is 1. The van der Waals surface area contributed by atoms with Gasteiger partial charge in [0.2, 0.25) is 0 Å². The summed E-state index contributed by atoms with van der Waals surface area (Å²) in [6.07, 6.45) is 5.30. The number of nitrogens with zero attached hydrogens (tertiary/aromatic N) is 7. The van der Waals surface area contributed by atoms with Crippen LogP contribution in [-0.2, 0) is 4.74 Å². The minimum Gasteiger partial charge on any atom is -0.444 e. The fourth-order valence-corrected chi connectivity index (χ4v) is 4.31. The van der Waals surface area contributed by atoms with Gasteiger partial charge in [-0.25, -0.2) is 24.0 Å². The summed E-state index contributed by atoms with van der Waals surface area (Å²) in [7, 11) is 0. The first kappa shape index (κ1) is 22.8. The molecule has 0 aliphatic carbocycles. The Labute approximate surface area is 202 Å². The molecule has 1 fully saturated rings. The van der Waals surface area contributed by atoms with Crippen LogP contribution in [0.4, 0.5) is 10.5 Å². The number of carbonyl (C=O) groups excluding carboxylic acids is 1. The van der Waals surface area contributed by atoms with Gasteiger partial charge in [0.05, 0.1) is 11.4 Å². The van der Waals surface area contributed by atoms with Crippen LogP contribution < -0.4 is 10.6 Å². The maximum atomic E-state index is 12.9. The van der Waals surface area contributed by atoms with E-state index in [-0.39, 0.29) is 11.8 Å². The van der Waals surface area contributed by atoms with Gasteiger partial charge in [-0.05, 0) is 58.4 Å². The zero-order valence-corrected chi connectivity index (χ0v) is 20.6. The fraction of sp³-hybridized carbons (Fsp3) is 0.400. The number of hydrogen-bond acceptors (Lipinski definition) is 7. The number of amides is 1. The number of piperazine rings is 1. The maximum Gasteiger partial charge on any atom is 0.410 e. The number of hydrogen-bond donors (Lipinski definition) is 0. The lowest BCUT2D eigenvalue weighted by Gasteiger charge is -2.36. The van der Waals surface area contributed by atoms with Gasteiger partial charge in [0, 0.05) is 50.3 Å². The largest absolute Gasteiger partial charge is 0.444 e. The molecule has 10 heteroatoms. The van der Waals surface area contributed by atoms with Crippen LogP contribution >= 0.6 is 0 Å². The van der Waals surface area contributed by atoms with E-state index in [4.69, 9.17) is 4.74 Å². The molecule has 4 aromatic rings. The molecular weight excluding hydrogens is 446 g/mol. The van der Waals surface area contributed by atoms with Crippen LogP contribution in [0.2, 0.25) is 0 Å². The van der Waals surface area contributed by atoms with E-state index in [1.54, 1.807) is 11.1 Å². The summed E-state index contributed by atoms with van der Waals surface area (Å²) in [6, 6.07) is 5.73. The highest BCUT2D eigenvalue weighted by molar-refractivity contribution is 5.69. The molecular formula is C25H29N7O3. The van der Waals surface area contributed by atoms with Crippen molar-refractivity contribution in [3.05, 3.63) is 58.5 Å². The highest BCUT2D eigenvalue weighted by atomic mass is 16.6. The molecule has 1 amide bonds. The Morgan fingerprint density at radius 3 is 2.43 bits per heavy atom. The summed E-state index contributed by atoms with van der Waals surface area (Å²) in [5.74, 6) is 0.380. The van der Waals surface area contributed by atoms with Crippen LogP contribution in [0.5, 0.6) is 0 Å². The van der Waals surface area contributed by atoms with Crippen LogP contribution in [0.3, 0.4) is 0 Å². The molecule has 5 heterocycles. The molecule has 0 unspecified atom stereocenters. The van der Waals surface area contributed by atoms with Gasteiger partial charge in [0.15, 0.2) is 5.82 Å². The average Bonchev–Trinajstić information content (AvgIpc) is 3.18. The van der Waals surface area contributed by atoms with Crippen molar-refractivity contribution in [1.82, 2.24) is 28.7 Å². The summed E-state index contributed by atoms with van der Waals surface area (Å²) in [6.45, 7) is 11.9. The van der Waals surface area contributed by atoms with Crippen molar-refractivity contribution >= 4 is 23.1 Å². The number of ether oxygens (including phenoxy) is 1. The van der Waals surface area contributed by atoms with Gasteiger partial charge in [-0.2, -0.15) is 4.98 Å². The SMILES string of the molecule is Cc1cn2cc(-c3nc(=O)n4cc(N5CCN(C(=O)OC(C)(C)C)CC5)ccc4n3)cc(C)c2n1. The van der Waals surface area contributed by atoms with Crippen molar-refractivity contribution in [3.63, 3.8) is 0 Å². The van der Waals surface area contributed by atoms with Gasteiger partial charge in [0.1, 0.15) is 16.9 Å². The molecule has 0 N–H and O–H groups in total. The number of pyridine rings is 2. The summed E-state index contributed by atoms with van der Waals surface area (Å²) < 4.78 is 8.87. The Balaban J connectivity index is 1.38. The molecule has 5 rings (SSSR count). The minimum atomic E-state index is -0.519. The zero-order chi connectivity index (χ0) is 24.9. The summed E-state index contributed by atoms with van der Waals surface area (Å²) in [5.41, 5.74) is 4.04. The van der Waals surface area contributed by atoms with Gasteiger partial charge in [-0.1, -0.05) is 0 Å². The number of aryl methyl sites for hydroxylation is 2. The van der Waals surface area contributed by atoms with Crippen molar-refractivity contribution < 1.29 is 9.53 Å². The van der Waals surface area contributed by atoms with E-state index in [0.717, 1.165) is 28.2 Å². The smallest absolute Gasteiger partial charge is 0.410 e. The minimum absolute atomic E-state index is 0.299. The lowest BCUT2D eigenvalue weighted by Crippen LogP contribution is -2.50. The Morgan fingerprint density at radius 2 is 1.71 bits per heavy atom. The van der Waals surface area contributed by atoms with Crippen molar-refractivity contribution in [1.29, 1.82) is 0 Å². The number of carbonyl (C=O) groups is 1. The topological polar surface area (TPSA) is 97.3 Å². The Hall–Kier alpha value is -3.95. The lowest BCUT2D eigenvalue weighted by atomic mass is 10.2. The van der Waals surface area contributed by atoms with E-state index >= 15 is 0 Å². The molecule has 0 aromatic carbocycles. The van der Waals surface area contributed by atoms with Crippen LogP contribution in [0.25, 0.3) is 22.7 Å². The first-order valence-corrected chi connectivity index (χ1v) is 11.7.